The number of nitrogens with one attached hydrogen (secondary N) is 1. The van der Waals surface area contributed by atoms with Gasteiger partial charge in [0.05, 0.1) is 11.4 Å². The van der Waals surface area contributed by atoms with E-state index in [-0.39, 0.29) is 23.0 Å². The minimum absolute atomic E-state index is 0.0497. The molecule has 0 aliphatic heterocycles. The molecule has 0 aliphatic rings. The third-order valence-electron chi connectivity index (χ3n) is 3.16. The summed E-state index contributed by atoms with van der Waals surface area (Å²) >= 11 is 0. The fourth-order valence-electron chi connectivity index (χ4n) is 1.93. The number of anilines is 1. The van der Waals surface area contributed by atoms with Gasteiger partial charge in [0, 0.05) is 23.3 Å². The highest BCUT2D eigenvalue weighted by Gasteiger charge is 2.20. The van der Waals surface area contributed by atoms with E-state index in [4.69, 9.17) is 4.52 Å². The third-order valence-corrected chi connectivity index (χ3v) is 4.02. The van der Waals surface area contributed by atoms with Crippen LogP contribution >= 0.6 is 0 Å². The highest BCUT2D eigenvalue weighted by Crippen LogP contribution is 2.23. The summed E-state index contributed by atoms with van der Waals surface area (Å²) in [7, 11) is -3.09. The molecule has 0 radical (unpaired) electrons. The number of carbonyl (C=O) groups excluding carboxylic acids is 1. The van der Waals surface area contributed by atoms with E-state index in [0.29, 0.717) is 11.1 Å². The van der Waals surface area contributed by atoms with Crippen LogP contribution in [0.2, 0.25) is 0 Å². The molecule has 1 aromatic heterocycles. The monoisotopic (exact) mass is 336 g/mol. The minimum atomic E-state index is -3.09. The summed E-state index contributed by atoms with van der Waals surface area (Å²) in [4.78, 5) is 12.2. The van der Waals surface area contributed by atoms with E-state index >= 15 is 0 Å². The van der Waals surface area contributed by atoms with Crippen LogP contribution in [0, 0.1) is 0 Å². The highest BCUT2D eigenvalue weighted by molar-refractivity contribution is 7.89. The molecule has 0 saturated heterocycles. The highest BCUT2D eigenvalue weighted by atomic mass is 32.2. The summed E-state index contributed by atoms with van der Waals surface area (Å²) in [6.45, 7) is 5.99. The lowest BCUT2D eigenvalue weighted by Gasteiger charge is -2.12. The summed E-state index contributed by atoms with van der Waals surface area (Å²) in [6.07, 6.45) is 1.17. The first-order chi connectivity index (χ1) is 10.5. The van der Waals surface area contributed by atoms with Gasteiger partial charge >= 0.3 is 0 Å². The van der Waals surface area contributed by atoms with E-state index in [1.54, 1.807) is 30.3 Å². The van der Waals surface area contributed by atoms with Gasteiger partial charge in [0.1, 0.15) is 0 Å². The Morgan fingerprint density at radius 3 is 2.30 bits per heavy atom. The van der Waals surface area contributed by atoms with E-state index in [1.165, 1.54) is 6.26 Å². The maximum absolute atomic E-state index is 12.2. The predicted octanol–water partition coefficient (Wildman–Crippen LogP) is 2.77. The third kappa shape index (κ3) is 4.92. The van der Waals surface area contributed by atoms with Crippen LogP contribution in [0.25, 0.3) is 0 Å². The van der Waals surface area contributed by atoms with Gasteiger partial charge in [-0.25, -0.2) is 8.42 Å². The van der Waals surface area contributed by atoms with E-state index < -0.39 is 9.84 Å². The Balaban J connectivity index is 2.08. The Morgan fingerprint density at radius 2 is 1.83 bits per heavy atom. The summed E-state index contributed by atoms with van der Waals surface area (Å²) in [6, 6.07) is 8.09. The van der Waals surface area contributed by atoms with Gasteiger partial charge in [0.25, 0.3) is 5.91 Å². The van der Waals surface area contributed by atoms with Crippen molar-refractivity contribution in [1.82, 2.24) is 5.16 Å². The van der Waals surface area contributed by atoms with Crippen LogP contribution in [-0.2, 0) is 21.0 Å². The van der Waals surface area contributed by atoms with Crippen LogP contribution < -0.4 is 5.32 Å². The number of benzene rings is 1. The molecule has 0 spiro atoms. The Kier molecular flexibility index (Phi) is 4.61. The Bertz CT molecular complexity index is 799. The lowest BCUT2D eigenvalue weighted by Crippen LogP contribution is -2.12. The zero-order valence-electron chi connectivity index (χ0n) is 13.6. The van der Waals surface area contributed by atoms with Gasteiger partial charge in [-0.2, -0.15) is 0 Å². The van der Waals surface area contributed by atoms with Crippen LogP contribution in [0.1, 0.15) is 42.4 Å². The zero-order chi connectivity index (χ0) is 17.3. The van der Waals surface area contributed by atoms with Crippen LogP contribution in [0.15, 0.2) is 34.9 Å². The number of hydrogen-bond donors (Lipinski definition) is 1. The van der Waals surface area contributed by atoms with E-state index in [1.807, 2.05) is 20.8 Å². The van der Waals surface area contributed by atoms with Crippen molar-refractivity contribution < 1.29 is 17.7 Å². The molecule has 124 valence electrons. The lowest BCUT2D eigenvalue weighted by molar-refractivity contribution is 0.102. The van der Waals surface area contributed by atoms with Crippen LogP contribution in [0.5, 0.6) is 0 Å². The Morgan fingerprint density at radius 1 is 1.22 bits per heavy atom. The fourth-order valence-corrected chi connectivity index (χ4v) is 2.72. The second kappa shape index (κ2) is 6.16. The molecular weight excluding hydrogens is 316 g/mol. The van der Waals surface area contributed by atoms with Gasteiger partial charge in [-0.15, -0.1) is 0 Å². The summed E-state index contributed by atoms with van der Waals surface area (Å²) < 4.78 is 27.6. The molecule has 6 nitrogen and oxygen atoms in total. The molecule has 0 bridgehead atoms. The number of aromatic nitrogens is 1. The first-order valence-corrected chi connectivity index (χ1v) is 9.16. The number of rotatable bonds is 4. The van der Waals surface area contributed by atoms with Crippen molar-refractivity contribution in [2.45, 2.75) is 31.9 Å². The molecule has 2 rings (SSSR count). The molecule has 0 atom stereocenters. The number of sulfone groups is 1. The molecule has 23 heavy (non-hydrogen) atoms. The first kappa shape index (κ1) is 17.2. The Hall–Kier alpha value is -2.15. The van der Waals surface area contributed by atoms with Crippen molar-refractivity contribution in [1.29, 1.82) is 0 Å². The summed E-state index contributed by atoms with van der Waals surface area (Å²) in [5.74, 6) is -0.112. The van der Waals surface area contributed by atoms with Crippen LogP contribution in [0.4, 0.5) is 5.88 Å². The number of carbonyl (C=O) groups is 1. The van der Waals surface area contributed by atoms with Crippen molar-refractivity contribution in [3.8, 4) is 0 Å². The standard InChI is InChI=1S/C16H20N2O4S/c1-16(2,3)13-9-14(22-18-13)17-15(19)12-7-5-11(6-8-12)10-23(4,20)21/h5-9H,10H2,1-4H3,(H,17,19). The van der Waals surface area contributed by atoms with E-state index in [9.17, 15) is 13.2 Å². The second-order valence-electron chi connectivity index (χ2n) is 6.55. The van der Waals surface area contributed by atoms with Gasteiger partial charge in [-0.3, -0.25) is 10.1 Å². The zero-order valence-corrected chi connectivity index (χ0v) is 14.4. The van der Waals surface area contributed by atoms with Gasteiger partial charge in [0.2, 0.25) is 5.88 Å². The van der Waals surface area contributed by atoms with E-state index in [2.05, 4.69) is 10.5 Å². The smallest absolute Gasteiger partial charge is 0.258 e. The molecule has 0 unspecified atom stereocenters. The molecule has 1 heterocycles. The number of amides is 1. The lowest BCUT2D eigenvalue weighted by atomic mass is 9.92. The average molecular weight is 336 g/mol. The molecule has 0 saturated carbocycles. The normalized spacial score (nSPS) is 12.2. The van der Waals surface area contributed by atoms with Gasteiger partial charge in [-0.1, -0.05) is 38.1 Å². The quantitative estimate of drug-likeness (QED) is 0.927. The van der Waals surface area contributed by atoms with Crippen LogP contribution in [-0.4, -0.2) is 25.7 Å². The number of nitrogens with zero attached hydrogens (tertiary/aromatic N) is 1. The van der Waals surface area contributed by atoms with Crippen molar-refractivity contribution in [3.63, 3.8) is 0 Å². The summed E-state index contributed by atoms with van der Waals surface area (Å²) in [5.41, 5.74) is 1.63. The molecular formula is C16H20N2O4S. The molecule has 2 aromatic rings. The molecule has 1 amide bonds. The molecule has 1 aromatic carbocycles. The first-order valence-electron chi connectivity index (χ1n) is 7.10. The van der Waals surface area contributed by atoms with Crippen molar-refractivity contribution in [2.24, 2.45) is 0 Å². The summed E-state index contributed by atoms with van der Waals surface area (Å²) in [5, 5.41) is 6.56. The SMILES string of the molecule is CC(C)(C)c1cc(NC(=O)c2ccc(CS(C)(=O)=O)cc2)on1. The largest absolute Gasteiger partial charge is 0.338 e. The van der Waals surface area contributed by atoms with Gasteiger partial charge in [-0.05, 0) is 17.7 Å². The van der Waals surface area contributed by atoms with E-state index in [0.717, 1.165) is 5.69 Å². The predicted molar refractivity (Wildman–Crippen MR) is 88.1 cm³/mol. The molecule has 7 heteroatoms. The van der Waals surface area contributed by atoms with Crippen molar-refractivity contribution in [3.05, 3.63) is 47.2 Å². The minimum Gasteiger partial charge on any atom is -0.338 e. The second-order valence-corrected chi connectivity index (χ2v) is 8.69. The van der Waals surface area contributed by atoms with Gasteiger partial charge < -0.3 is 4.52 Å². The number of hydrogen-bond acceptors (Lipinski definition) is 5. The maximum atomic E-state index is 12.2. The van der Waals surface area contributed by atoms with Crippen molar-refractivity contribution >= 4 is 21.6 Å². The molecule has 1 N–H and O–H groups in total. The van der Waals surface area contributed by atoms with Gasteiger partial charge in [0.15, 0.2) is 9.84 Å². The molecule has 0 aliphatic carbocycles. The fraction of sp³-hybridized carbons (Fsp3) is 0.375. The Labute approximate surface area is 135 Å². The van der Waals surface area contributed by atoms with Crippen LogP contribution in [0.3, 0.4) is 0 Å². The molecule has 0 fully saturated rings. The maximum Gasteiger partial charge on any atom is 0.258 e. The average Bonchev–Trinajstić information content (AvgIpc) is 2.86. The van der Waals surface area contributed by atoms with Crippen molar-refractivity contribution in [2.75, 3.05) is 11.6 Å². The topological polar surface area (TPSA) is 89.3 Å².